The molecule has 1 aromatic carbocycles. The number of nitrogens with one attached hydrogen (secondary N) is 1. The highest BCUT2D eigenvalue weighted by Gasteiger charge is 2.24. The van der Waals surface area contributed by atoms with Gasteiger partial charge in [0.25, 0.3) is 5.91 Å². The normalized spacial score (nSPS) is 11.3. The van der Waals surface area contributed by atoms with Crippen molar-refractivity contribution in [1.82, 2.24) is 15.2 Å². The van der Waals surface area contributed by atoms with E-state index < -0.39 is 11.9 Å². The van der Waals surface area contributed by atoms with Crippen molar-refractivity contribution in [1.29, 1.82) is 5.26 Å². The zero-order valence-electron chi connectivity index (χ0n) is 14.5. The summed E-state index contributed by atoms with van der Waals surface area (Å²) >= 11 is 0. The lowest BCUT2D eigenvalue weighted by Gasteiger charge is -2.22. The van der Waals surface area contributed by atoms with E-state index in [0.29, 0.717) is 17.7 Å². The van der Waals surface area contributed by atoms with Crippen LogP contribution in [-0.4, -0.2) is 41.8 Å². The first-order chi connectivity index (χ1) is 11.9. The van der Waals surface area contributed by atoms with Crippen molar-refractivity contribution in [3.63, 3.8) is 0 Å². The fourth-order valence-electron chi connectivity index (χ4n) is 2.40. The summed E-state index contributed by atoms with van der Waals surface area (Å²) < 4.78 is 0. The van der Waals surface area contributed by atoms with Crippen LogP contribution in [0.3, 0.4) is 0 Å². The van der Waals surface area contributed by atoms with Gasteiger partial charge in [-0.2, -0.15) is 5.26 Å². The van der Waals surface area contributed by atoms with Gasteiger partial charge in [0, 0.05) is 20.5 Å². The number of amides is 2. The van der Waals surface area contributed by atoms with Gasteiger partial charge >= 0.3 is 0 Å². The summed E-state index contributed by atoms with van der Waals surface area (Å²) in [5.74, 6) is -0.633. The number of aromatic nitrogens is 1. The largest absolute Gasteiger partial charge is 0.347 e. The summed E-state index contributed by atoms with van der Waals surface area (Å²) in [6, 6.07) is 13.9. The minimum atomic E-state index is -0.692. The van der Waals surface area contributed by atoms with Crippen LogP contribution in [-0.2, 0) is 11.2 Å². The summed E-state index contributed by atoms with van der Waals surface area (Å²) in [4.78, 5) is 30.5. The van der Waals surface area contributed by atoms with Crippen molar-refractivity contribution in [2.24, 2.45) is 0 Å². The molecule has 1 aromatic heterocycles. The Morgan fingerprint density at radius 1 is 1.20 bits per heavy atom. The molecule has 0 saturated carbocycles. The van der Waals surface area contributed by atoms with E-state index in [9.17, 15) is 9.59 Å². The highest BCUT2D eigenvalue weighted by atomic mass is 16.2. The summed E-state index contributed by atoms with van der Waals surface area (Å²) in [5.41, 5.74) is 2.03. The average Bonchev–Trinajstić information content (AvgIpc) is 2.61. The number of nitrogens with zero attached hydrogens (tertiary/aromatic N) is 3. The maximum Gasteiger partial charge on any atom is 0.270 e. The second-order valence-electron chi connectivity index (χ2n) is 5.89. The number of aryl methyl sites for hydroxylation is 1. The molecule has 0 aliphatic rings. The molecule has 0 aliphatic carbocycles. The number of likely N-dealkylation sites (N-methyl/N-ethyl adjacent to an activating group) is 1. The minimum absolute atomic E-state index is 0.182. The molecule has 0 spiro atoms. The van der Waals surface area contributed by atoms with Crippen molar-refractivity contribution in [2.75, 3.05) is 14.1 Å². The van der Waals surface area contributed by atoms with E-state index in [-0.39, 0.29) is 11.6 Å². The fourth-order valence-corrected chi connectivity index (χ4v) is 2.40. The number of pyridine rings is 1. The molecule has 25 heavy (non-hydrogen) atoms. The molecule has 0 unspecified atom stereocenters. The monoisotopic (exact) mass is 336 g/mol. The van der Waals surface area contributed by atoms with Gasteiger partial charge in [-0.15, -0.1) is 0 Å². The molecule has 1 N–H and O–H groups in total. The van der Waals surface area contributed by atoms with Crippen LogP contribution >= 0.6 is 0 Å². The molecule has 1 atom stereocenters. The number of carbonyl (C=O) groups is 2. The Kier molecular flexibility index (Phi) is 5.85. The van der Waals surface area contributed by atoms with Crippen LogP contribution in [0.4, 0.5) is 0 Å². The van der Waals surface area contributed by atoms with Gasteiger partial charge in [0.2, 0.25) is 5.91 Å². The fraction of sp³-hybridized carbons (Fsp3) is 0.263. The maximum absolute atomic E-state index is 12.5. The molecule has 0 radical (unpaired) electrons. The highest BCUT2D eigenvalue weighted by Crippen LogP contribution is 2.08. The van der Waals surface area contributed by atoms with Gasteiger partial charge in [-0.3, -0.25) is 9.59 Å². The lowest BCUT2D eigenvalue weighted by atomic mass is 10.0. The average molecular weight is 336 g/mol. The first-order valence-electron chi connectivity index (χ1n) is 7.86. The maximum atomic E-state index is 12.5. The molecule has 2 rings (SSSR count). The second kappa shape index (κ2) is 8.06. The number of nitriles is 1. The Balaban J connectivity index is 2.21. The molecule has 0 fully saturated rings. The Morgan fingerprint density at radius 2 is 1.88 bits per heavy atom. The van der Waals surface area contributed by atoms with Gasteiger partial charge in [0.15, 0.2) is 0 Å². The van der Waals surface area contributed by atoms with Gasteiger partial charge in [-0.25, -0.2) is 4.98 Å². The number of carbonyl (C=O) groups excluding carboxylic acids is 2. The molecule has 128 valence electrons. The Morgan fingerprint density at radius 3 is 2.44 bits per heavy atom. The third-order valence-corrected chi connectivity index (χ3v) is 3.77. The lowest BCUT2D eigenvalue weighted by molar-refractivity contribution is -0.130. The second-order valence-corrected chi connectivity index (χ2v) is 5.89. The summed E-state index contributed by atoms with van der Waals surface area (Å²) in [5, 5.41) is 11.7. The molecular formula is C19H20N4O2. The van der Waals surface area contributed by atoms with Crippen molar-refractivity contribution >= 4 is 11.8 Å². The molecule has 2 amide bonds. The first kappa shape index (κ1) is 18.1. The van der Waals surface area contributed by atoms with E-state index in [2.05, 4.69) is 10.3 Å². The van der Waals surface area contributed by atoms with Crippen LogP contribution in [0.1, 0.15) is 27.3 Å². The van der Waals surface area contributed by atoms with Crippen molar-refractivity contribution < 1.29 is 9.59 Å². The smallest absolute Gasteiger partial charge is 0.270 e. The van der Waals surface area contributed by atoms with Crippen LogP contribution in [0, 0.1) is 18.3 Å². The predicted octanol–water partition coefficient (Wildman–Crippen LogP) is 1.69. The van der Waals surface area contributed by atoms with Crippen LogP contribution in [0.2, 0.25) is 0 Å². The van der Waals surface area contributed by atoms with Crippen LogP contribution < -0.4 is 5.32 Å². The van der Waals surface area contributed by atoms with Gasteiger partial charge in [0.1, 0.15) is 17.8 Å². The van der Waals surface area contributed by atoms with Gasteiger partial charge in [-0.1, -0.05) is 30.3 Å². The third-order valence-electron chi connectivity index (χ3n) is 3.77. The van der Waals surface area contributed by atoms with E-state index in [1.165, 1.54) is 11.0 Å². The van der Waals surface area contributed by atoms with E-state index in [1.807, 2.05) is 36.4 Å². The van der Waals surface area contributed by atoms with E-state index in [0.717, 1.165) is 5.56 Å². The molecule has 0 aliphatic heterocycles. The summed E-state index contributed by atoms with van der Waals surface area (Å²) in [7, 11) is 3.30. The molecule has 6 nitrogen and oxygen atoms in total. The van der Waals surface area contributed by atoms with Crippen LogP contribution in [0.15, 0.2) is 42.5 Å². The number of hydrogen-bond donors (Lipinski definition) is 1. The molecule has 2 aromatic rings. The summed E-state index contributed by atoms with van der Waals surface area (Å²) in [6.07, 6.45) is 0.388. The SMILES string of the molecule is Cc1nc(C(=O)N[C@@H](Cc2ccccc2)C(=O)N(C)C)ccc1C#N. The molecular weight excluding hydrogens is 316 g/mol. The van der Waals surface area contributed by atoms with E-state index >= 15 is 0 Å². The van der Waals surface area contributed by atoms with E-state index in [1.54, 1.807) is 27.1 Å². The molecule has 0 bridgehead atoms. The lowest BCUT2D eigenvalue weighted by Crippen LogP contribution is -2.47. The van der Waals surface area contributed by atoms with Gasteiger partial charge in [0.05, 0.1) is 11.3 Å². The molecule has 6 heteroatoms. The zero-order chi connectivity index (χ0) is 18.4. The summed E-state index contributed by atoms with van der Waals surface area (Å²) in [6.45, 7) is 1.67. The zero-order valence-corrected chi connectivity index (χ0v) is 14.5. The molecule has 1 heterocycles. The Bertz CT molecular complexity index is 810. The standard InChI is InChI=1S/C19H20N4O2/c1-13-15(12-20)9-10-16(21-13)18(24)22-17(19(25)23(2)3)11-14-7-5-4-6-8-14/h4-10,17H,11H2,1-3H3,(H,22,24)/t17-/m0/s1. The van der Waals surface area contributed by atoms with Gasteiger partial charge in [-0.05, 0) is 24.6 Å². The third kappa shape index (κ3) is 4.64. The quantitative estimate of drug-likeness (QED) is 0.900. The van der Waals surface area contributed by atoms with Crippen molar-refractivity contribution in [2.45, 2.75) is 19.4 Å². The predicted molar refractivity (Wildman–Crippen MR) is 93.8 cm³/mol. The number of rotatable bonds is 5. The van der Waals surface area contributed by atoms with Gasteiger partial charge < -0.3 is 10.2 Å². The van der Waals surface area contributed by atoms with Crippen LogP contribution in [0.25, 0.3) is 0 Å². The van der Waals surface area contributed by atoms with Crippen LogP contribution in [0.5, 0.6) is 0 Å². The van der Waals surface area contributed by atoms with Crippen molar-refractivity contribution in [3.05, 3.63) is 65.0 Å². The molecule has 0 saturated heterocycles. The Hall–Kier alpha value is -3.20. The number of hydrogen-bond acceptors (Lipinski definition) is 4. The highest BCUT2D eigenvalue weighted by molar-refractivity contribution is 5.96. The minimum Gasteiger partial charge on any atom is -0.347 e. The van der Waals surface area contributed by atoms with E-state index in [4.69, 9.17) is 5.26 Å². The number of benzene rings is 1. The Labute approximate surface area is 147 Å². The topological polar surface area (TPSA) is 86.1 Å². The first-order valence-corrected chi connectivity index (χ1v) is 7.86. The van der Waals surface area contributed by atoms with Crippen molar-refractivity contribution in [3.8, 4) is 6.07 Å².